The molecule has 0 atom stereocenters. The fourth-order valence-corrected chi connectivity index (χ4v) is 3.20. The number of rotatable bonds is 6. The summed E-state index contributed by atoms with van der Waals surface area (Å²) in [7, 11) is 3.27. The summed E-state index contributed by atoms with van der Waals surface area (Å²) in [5.41, 5.74) is 0.745. The number of nitrogens with zero attached hydrogens (tertiary/aromatic N) is 4. The van der Waals surface area contributed by atoms with Gasteiger partial charge in [0.05, 0.1) is 7.11 Å². The molecule has 0 unspecified atom stereocenters. The van der Waals surface area contributed by atoms with E-state index in [1.54, 1.807) is 12.1 Å². The van der Waals surface area contributed by atoms with Crippen molar-refractivity contribution in [2.45, 2.75) is 13.0 Å². The molecule has 3 rings (SSSR count). The Kier molecular flexibility index (Phi) is 6.94. The van der Waals surface area contributed by atoms with E-state index in [4.69, 9.17) is 11.6 Å². The first kappa shape index (κ1) is 21.4. The lowest BCUT2D eigenvalue weighted by atomic mass is 10.1. The molecule has 0 spiro atoms. The minimum atomic E-state index is -2.92. The van der Waals surface area contributed by atoms with Crippen LogP contribution in [0.25, 0.3) is 0 Å². The number of carbonyl (C=O) groups excluding carboxylic acids is 1. The Morgan fingerprint density at radius 1 is 1.21 bits per heavy atom. The van der Waals surface area contributed by atoms with Crippen molar-refractivity contribution in [1.29, 1.82) is 0 Å². The molecule has 1 N–H and O–H groups in total. The van der Waals surface area contributed by atoms with Crippen molar-refractivity contribution in [2.75, 3.05) is 45.7 Å². The predicted octanol–water partition coefficient (Wildman–Crippen LogP) is 3.35. The van der Waals surface area contributed by atoms with E-state index in [1.807, 2.05) is 12.1 Å². The fraction of sp³-hybridized carbons (Fsp3) is 0.421. The topological polar surface area (TPSA) is 70.6 Å². The maximum absolute atomic E-state index is 13.1. The Morgan fingerprint density at radius 3 is 2.45 bits per heavy atom. The second kappa shape index (κ2) is 9.43. The van der Waals surface area contributed by atoms with Crippen molar-refractivity contribution < 1.29 is 18.3 Å². The summed E-state index contributed by atoms with van der Waals surface area (Å²) in [6.07, 6.45) is -2.92. The van der Waals surface area contributed by atoms with Crippen molar-refractivity contribution in [2.24, 2.45) is 0 Å². The number of halogens is 3. The van der Waals surface area contributed by atoms with Gasteiger partial charge in [0.2, 0.25) is 0 Å². The fourth-order valence-electron chi connectivity index (χ4n) is 2.99. The average Bonchev–Trinajstić information content (AvgIpc) is 2.71. The van der Waals surface area contributed by atoms with Crippen LogP contribution in [-0.2, 0) is 11.3 Å². The number of carbonyl (C=O) groups is 1. The average molecular weight is 426 g/mol. The SMILES string of the molecule is COC(=O)c1nc(Cl)c(C(F)F)nc1Nc1ccc(CN2CCN(C)CC2)cc1. The number of nitrogens with one attached hydrogen (secondary N) is 1. The lowest BCUT2D eigenvalue weighted by Gasteiger charge is -2.32. The third kappa shape index (κ3) is 5.37. The quantitative estimate of drug-likeness (QED) is 0.711. The zero-order chi connectivity index (χ0) is 21.0. The molecule has 29 heavy (non-hydrogen) atoms. The second-order valence-corrected chi connectivity index (χ2v) is 7.15. The number of aromatic nitrogens is 2. The lowest BCUT2D eigenvalue weighted by Crippen LogP contribution is -2.43. The molecular formula is C19H22ClF2N5O2. The zero-order valence-electron chi connectivity index (χ0n) is 16.2. The Bertz CT molecular complexity index is 858. The smallest absolute Gasteiger partial charge is 0.360 e. The summed E-state index contributed by atoms with van der Waals surface area (Å²) in [4.78, 5) is 24.1. The lowest BCUT2D eigenvalue weighted by molar-refractivity contribution is 0.0594. The number of likely N-dealkylation sites (N-methyl/N-ethyl adjacent to an activating group) is 1. The molecular weight excluding hydrogens is 404 g/mol. The van der Waals surface area contributed by atoms with Crippen LogP contribution in [0.1, 0.15) is 28.2 Å². The third-order valence-corrected chi connectivity index (χ3v) is 4.96. The summed E-state index contributed by atoms with van der Waals surface area (Å²) in [6.45, 7) is 4.93. The largest absolute Gasteiger partial charge is 0.464 e. The normalized spacial score (nSPS) is 15.5. The van der Waals surface area contributed by atoms with Crippen molar-refractivity contribution in [3.05, 3.63) is 46.4 Å². The van der Waals surface area contributed by atoms with Gasteiger partial charge in [-0.1, -0.05) is 23.7 Å². The van der Waals surface area contributed by atoms with Gasteiger partial charge in [0, 0.05) is 38.4 Å². The standard InChI is InChI=1S/C19H22ClF2N5O2/c1-26-7-9-27(10-8-26)11-12-3-5-13(6-4-12)23-18-15(19(28)29-2)24-16(20)14(25-18)17(21)22/h3-6,17H,7-11H2,1-2H3,(H,23,25). The van der Waals surface area contributed by atoms with Gasteiger partial charge in [-0.25, -0.2) is 23.5 Å². The number of benzene rings is 1. The molecule has 7 nitrogen and oxygen atoms in total. The van der Waals surface area contributed by atoms with E-state index in [1.165, 1.54) is 0 Å². The van der Waals surface area contributed by atoms with Gasteiger partial charge in [-0.2, -0.15) is 0 Å². The molecule has 1 aromatic heterocycles. The molecule has 0 bridgehead atoms. The number of hydrogen-bond acceptors (Lipinski definition) is 7. The number of piperazine rings is 1. The minimum Gasteiger partial charge on any atom is -0.464 e. The molecule has 1 aliphatic heterocycles. The molecule has 2 aromatic rings. The van der Waals surface area contributed by atoms with Crippen LogP contribution in [0.2, 0.25) is 5.15 Å². The van der Waals surface area contributed by atoms with Crippen LogP contribution in [0.4, 0.5) is 20.3 Å². The first-order valence-corrected chi connectivity index (χ1v) is 9.46. The van der Waals surface area contributed by atoms with Gasteiger partial charge in [-0.05, 0) is 24.7 Å². The van der Waals surface area contributed by atoms with Crippen LogP contribution in [0.3, 0.4) is 0 Å². The molecule has 1 aromatic carbocycles. The number of esters is 1. The maximum Gasteiger partial charge on any atom is 0.360 e. The van der Waals surface area contributed by atoms with Gasteiger partial charge >= 0.3 is 5.97 Å². The highest BCUT2D eigenvalue weighted by atomic mass is 35.5. The number of anilines is 2. The van der Waals surface area contributed by atoms with E-state index in [0.29, 0.717) is 5.69 Å². The van der Waals surface area contributed by atoms with Crippen molar-refractivity contribution in [1.82, 2.24) is 19.8 Å². The van der Waals surface area contributed by atoms with E-state index in [-0.39, 0.29) is 11.5 Å². The van der Waals surface area contributed by atoms with Crippen molar-refractivity contribution >= 4 is 29.1 Å². The van der Waals surface area contributed by atoms with E-state index < -0.39 is 23.2 Å². The van der Waals surface area contributed by atoms with Gasteiger partial charge in [-0.15, -0.1) is 0 Å². The third-order valence-electron chi connectivity index (χ3n) is 4.68. The van der Waals surface area contributed by atoms with E-state index in [0.717, 1.165) is 45.4 Å². The summed E-state index contributed by atoms with van der Waals surface area (Å²) in [5, 5.41) is 2.33. The molecule has 1 saturated heterocycles. The molecule has 1 fully saturated rings. The van der Waals surface area contributed by atoms with E-state index in [9.17, 15) is 13.6 Å². The highest BCUT2D eigenvalue weighted by Crippen LogP contribution is 2.28. The first-order valence-electron chi connectivity index (χ1n) is 9.08. The second-order valence-electron chi connectivity index (χ2n) is 6.79. The van der Waals surface area contributed by atoms with Crippen LogP contribution in [-0.4, -0.2) is 66.1 Å². The molecule has 2 heterocycles. The number of ether oxygens (including phenoxy) is 1. The summed E-state index contributed by atoms with van der Waals surface area (Å²) < 4.78 is 30.9. The molecule has 0 radical (unpaired) electrons. The van der Waals surface area contributed by atoms with Crippen LogP contribution < -0.4 is 5.32 Å². The molecule has 0 aliphatic carbocycles. The van der Waals surface area contributed by atoms with Gasteiger partial charge < -0.3 is 15.0 Å². The number of methoxy groups -OCH3 is 1. The Hall–Kier alpha value is -2.36. The van der Waals surface area contributed by atoms with Gasteiger partial charge in [0.25, 0.3) is 6.43 Å². The Labute approximate surface area is 172 Å². The number of alkyl halides is 2. The van der Waals surface area contributed by atoms with Crippen molar-refractivity contribution in [3.63, 3.8) is 0 Å². The molecule has 10 heteroatoms. The highest BCUT2D eigenvalue weighted by Gasteiger charge is 2.23. The molecule has 1 aliphatic rings. The van der Waals surface area contributed by atoms with Gasteiger partial charge in [0.1, 0.15) is 5.69 Å². The highest BCUT2D eigenvalue weighted by molar-refractivity contribution is 6.30. The van der Waals surface area contributed by atoms with Crippen LogP contribution in [0, 0.1) is 0 Å². The number of hydrogen-bond donors (Lipinski definition) is 1. The summed E-state index contributed by atoms with van der Waals surface area (Å²) in [5.74, 6) is -0.960. The van der Waals surface area contributed by atoms with E-state index >= 15 is 0 Å². The van der Waals surface area contributed by atoms with Crippen molar-refractivity contribution in [3.8, 4) is 0 Å². The minimum absolute atomic E-state index is 0.136. The molecule has 0 amide bonds. The predicted molar refractivity (Wildman–Crippen MR) is 106 cm³/mol. The Balaban J connectivity index is 1.76. The van der Waals surface area contributed by atoms with E-state index in [2.05, 4.69) is 36.9 Å². The van der Waals surface area contributed by atoms with Crippen LogP contribution in [0.5, 0.6) is 0 Å². The monoisotopic (exact) mass is 425 g/mol. The molecule has 156 valence electrons. The Morgan fingerprint density at radius 2 is 1.86 bits per heavy atom. The first-order chi connectivity index (χ1) is 13.9. The van der Waals surface area contributed by atoms with Crippen LogP contribution in [0.15, 0.2) is 24.3 Å². The van der Waals surface area contributed by atoms with Crippen LogP contribution >= 0.6 is 11.6 Å². The van der Waals surface area contributed by atoms with Gasteiger partial charge in [-0.3, -0.25) is 4.90 Å². The summed E-state index contributed by atoms with van der Waals surface area (Å²) >= 11 is 5.73. The molecule has 0 saturated carbocycles. The maximum atomic E-state index is 13.1. The van der Waals surface area contributed by atoms with Gasteiger partial charge in [0.15, 0.2) is 16.7 Å². The summed E-state index contributed by atoms with van der Waals surface area (Å²) in [6, 6.07) is 7.47. The zero-order valence-corrected chi connectivity index (χ0v) is 16.9.